The van der Waals surface area contributed by atoms with E-state index in [1.165, 1.54) is 6.07 Å². The van der Waals surface area contributed by atoms with Crippen molar-refractivity contribution < 1.29 is 9.18 Å². The fraction of sp³-hybridized carbons (Fsp3) is 0.625. The molecular weight excluding hydrogens is 269 g/mol. The minimum atomic E-state index is -0.503. The molecule has 118 valence electrons. The molecule has 2 N–H and O–H groups in total. The Morgan fingerprint density at radius 2 is 2.05 bits per heavy atom. The van der Waals surface area contributed by atoms with Gasteiger partial charge in [0.15, 0.2) is 0 Å². The van der Waals surface area contributed by atoms with Crippen molar-refractivity contribution in [3.63, 3.8) is 0 Å². The van der Waals surface area contributed by atoms with Crippen LogP contribution in [0.1, 0.15) is 57.3 Å². The van der Waals surface area contributed by atoms with Gasteiger partial charge in [0.2, 0.25) is 0 Å². The zero-order valence-corrected chi connectivity index (χ0v) is 13.4. The molecule has 0 aliphatic heterocycles. The molecule has 0 saturated carbocycles. The molecule has 0 aliphatic carbocycles. The lowest BCUT2D eigenvalue weighted by Gasteiger charge is -2.16. The maximum atomic E-state index is 13.4. The number of nitrogens with zero attached hydrogens (tertiary/aromatic N) is 1. The largest absolute Gasteiger partial charge is 0.369 e. The Morgan fingerprint density at radius 3 is 2.67 bits per heavy atom. The van der Waals surface area contributed by atoms with Crippen LogP contribution in [0.5, 0.6) is 0 Å². The topological polar surface area (TPSA) is 54.0 Å². The smallest absolute Gasteiger partial charge is 0.255 e. The molecule has 0 aliphatic rings. The van der Waals surface area contributed by atoms with Crippen molar-refractivity contribution in [1.82, 2.24) is 10.3 Å². The molecule has 1 rings (SSSR count). The Bertz CT molecular complexity index is 463. The number of hydrogen-bond donors (Lipinski definition) is 2. The highest BCUT2D eigenvalue weighted by Crippen LogP contribution is 2.15. The number of amides is 1. The zero-order valence-electron chi connectivity index (χ0n) is 13.4. The monoisotopic (exact) mass is 295 g/mol. The summed E-state index contributed by atoms with van der Waals surface area (Å²) in [4.78, 5) is 16.2. The Balaban J connectivity index is 2.73. The van der Waals surface area contributed by atoms with Crippen molar-refractivity contribution in [2.24, 2.45) is 5.92 Å². The van der Waals surface area contributed by atoms with Gasteiger partial charge in [-0.1, -0.05) is 20.8 Å². The predicted molar refractivity (Wildman–Crippen MR) is 84.0 cm³/mol. The third kappa shape index (κ3) is 6.10. The fourth-order valence-corrected chi connectivity index (χ4v) is 1.95. The van der Waals surface area contributed by atoms with E-state index in [1.807, 2.05) is 13.8 Å². The Hall–Kier alpha value is -1.65. The molecule has 4 nitrogen and oxygen atoms in total. The van der Waals surface area contributed by atoms with Crippen LogP contribution in [0.2, 0.25) is 0 Å². The van der Waals surface area contributed by atoms with Crippen LogP contribution in [-0.4, -0.2) is 23.5 Å². The SMILES string of the molecule is CCCNc1ncc(F)cc1C(=O)NC(C)CCC(C)C. The predicted octanol–water partition coefficient (Wildman–Crippen LogP) is 3.60. The number of carbonyl (C=O) groups is 1. The number of aromatic nitrogens is 1. The minimum absolute atomic E-state index is 0.0576. The van der Waals surface area contributed by atoms with Crippen molar-refractivity contribution >= 4 is 11.7 Å². The molecule has 1 unspecified atom stereocenters. The van der Waals surface area contributed by atoms with Gasteiger partial charge >= 0.3 is 0 Å². The van der Waals surface area contributed by atoms with Crippen molar-refractivity contribution in [3.8, 4) is 0 Å². The first-order chi connectivity index (χ1) is 9.93. The van der Waals surface area contributed by atoms with Gasteiger partial charge in [-0.2, -0.15) is 0 Å². The van der Waals surface area contributed by atoms with Crippen LogP contribution in [0, 0.1) is 11.7 Å². The van der Waals surface area contributed by atoms with Gasteiger partial charge in [-0.25, -0.2) is 9.37 Å². The molecule has 5 heteroatoms. The summed E-state index contributed by atoms with van der Waals surface area (Å²) in [6, 6.07) is 1.29. The maximum Gasteiger partial charge on any atom is 0.255 e. The van der Waals surface area contributed by atoms with Crippen LogP contribution in [-0.2, 0) is 0 Å². The van der Waals surface area contributed by atoms with E-state index in [4.69, 9.17) is 0 Å². The van der Waals surface area contributed by atoms with Crippen LogP contribution in [0.15, 0.2) is 12.3 Å². The van der Waals surface area contributed by atoms with Crippen molar-refractivity contribution in [2.45, 2.75) is 53.0 Å². The first-order valence-electron chi connectivity index (χ1n) is 7.64. The molecule has 1 amide bonds. The summed E-state index contributed by atoms with van der Waals surface area (Å²) in [5.74, 6) is 0.252. The molecule has 0 radical (unpaired) electrons. The first kappa shape index (κ1) is 17.4. The Kier molecular flexibility index (Phi) is 7.12. The molecule has 0 spiro atoms. The summed E-state index contributed by atoms with van der Waals surface area (Å²) in [5.41, 5.74) is 0.264. The van der Waals surface area contributed by atoms with Gasteiger partial charge < -0.3 is 10.6 Å². The average Bonchev–Trinajstić information content (AvgIpc) is 2.43. The molecule has 1 aromatic rings. The number of nitrogens with one attached hydrogen (secondary N) is 2. The van der Waals surface area contributed by atoms with Crippen LogP contribution in [0.3, 0.4) is 0 Å². The second-order valence-electron chi connectivity index (χ2n) is 5.82. The van der Waals surface area contributed by atoms with Crippen molar-refractivity contribution in [1.29, 1.82) is 0 Å². The third-order valence-corrected chi connectivity index (χ3v) is 3.20. The van der Waals surface area contributed by atoms with E-state index in [0.29, 0.717) is 18.3 Å². The molecule has 1 heterocycles. The highest BCUT2D eigenvalue weighted by Gasteiger charge is 2.16. The molecule has 1 atom stereocenters. The van der Waals surface area contributed by atoms with Crippen LogP contribution < -0.4 is 10.6 Å². The third-order valence-electron chi connectivity index (χ3n) is 3.20. The molecule has 0 saturated heterocycles. The van der Waals surface area contributed by atoms with Gasteiger partial charge in [-0.05, 0) is 38.2 Å². The van der Waals surface area contributed by atoms with E-state index in [1.54, 1.807) is 0 Å². The average molecular weight is 295 g/mol. The van der Waals surface area contributed by atoms with Gasteiger partial charge in [0.25, 0.3) is 5.91 Å². The number of rotatable bonds is 8. The summed E-state index contributed by atoms with van der Waals surface area (Å²) in [7, 11) is 0. The number of halogens is 1. The van der Waals surface area contributed by atoms with Gasteiger partial charge in [-0.15, -0.1) is 0 Å². The van der Waals surface area contributed by atoms with Gasteiger partial charge in [0, 0.05) is 12.6 Å². The van der Waals surface area contributed by atoms with E-state index in [0.717, 1.165) is 25.5 Å². The molecule has 0 aromatic carbocycles. The summed E-state index contributed by atoms with van der Waals surface area (Å²) < 4.78 is 13.4. The minimum Gasteiger partial charge on any atom is -0.369 e. The van der Waals surface area contributed by atoms with E-state index in [9.17, 15) is 9.18 Å². The highest BCUT2D eigenvalue weighted by molar-refractivity contribution is 5.98. The summed E-state index contributed by atoms with van der Waals surface area (Å²) in [5, 5.41) is 5.97. The lowest BCUT2D eigenvalue weighted by molar-refractivity contribution is 0.0937. The Labute approximate surface area is 126 Å². The molecule has 21 heavy (non-hydrogen) atoms. The number of carbonyl (C=O) groups excluding carboxylic acids is 1. The normalized spacial score (nSPS) is 12.3. The second-order valence-corrected chi connectivity index (χ2v) is 5.82. The first-order valence-corrected chi connectivity index (χ1v) is 7.64. The highest BCUT2D eigenvalue weighted by atomic mass is 19.1. The molecular formula is C16H26FN3O. The maximum absolute atomic E-state index is 13.4. The molecule has 1 aromatic heterocycles. The summed E-state index contributed by atoms with van der Waals surface area (Å²) >= 11 is 0. The lowest BCUT2D eigenvalue weighted by Crippen LogP contribution is -2.33. The lowest BCUT2D eigenvalue weighted by atomic mass is 10.0. The van der Waals surface area contributed by atoms with Crippen LogP contribution in [0.25, 0.3) is 0 Å². The van der Waals surface area contributed by atoms with E-state index >= 15 is 0 Å². The summed E-state index contributed by atoms with van der Waals surface area (Å²) in [6.45, 7) is 8.98. The van der Waals surface area contributed by atoms with E-state index in [2.05, 4.69) is 29.5 Å². The fourth-order valence-electron chi connectivity index (χ4n) is 1.95. The standard InChI is InChI=1S/C16H26FN3O/c1-5-8-18-15-14(9-13(17)10-19-15)16(21)20-12(4)7-6-11(2)3/h9-12H,5-8H2,1-4H3,(H,18,19)(H,20,21). The van der Waals surface area contributed by atoms with E-state index < -0.39 is 5.82 Å². The van der Waals surface area contributed by atoms with Crippen molar-refractivity contribution in [3.05, 3.63) is 23.6 Å². The van der Waals surface area contributed by atoms with Crippen molar-refractivity contribution in [2.75, 3.05) is 11.9 Å². The number of anilines is 1. The van der Waals surface area contributed by atoms with Crippen LogP contribution >= 0.6 is 0 Å². The van der Waals surface area contributed by atoms with E-state index in [-0.39, 0.29) is 17.5 Å². The van der Waals surface area contributed by atoms with Gasteiger partial charge in [-0.3, -0.25) is 4.79 Å². The van der Waals surface area contributed by atoms with Gasteiger partial charge in [0.05, 0.1) is 11.8 Å². The molecule has 0 bridgehead atoms. The second kappa shape index (κ2) is 8.60. The van der Waals surface area contributed by atoms with Gasteiger partial charge in [0.1, 0.15) is 11.6 Å². The van der Waals surface area contributed by atoms with Crippen LogP contribution in [0.4, 0.5) is 10.2 Å². The quantitative estimate of drug-likeness (QED) is 0.770. The summed E-state index contributed by atoms with van der Waals surface area (Å²) in [6.07, 6.45) is 3.98. The number of hydrogen-bond acceptors (Lipinski definition) is 3. The Morgan fingerprint density at radius 1 is 1.33 bits per heavy atom. The number of pyridine rings is 1. The zero-order chi connectivity index (χ0) is 15.8. The molecule has 0 fully saturated rings.